The minimum atomic E-state index is -0.456. The van der Waals surface area contributed by atoms with E-state index < -0.39 is 6.04 Å². The first-order valence-electron chi connectivity index (χ1n) is 6.54. The van der Waals surface area contributed by atoms with Gasteiger partial charge in [-0.25, -0.2) is 4.98 Å². The molecule has 0 radical (unpaired) electrons. The van der Waals surface area contributed by atoms with Crippen molar-refractivity contribution in [1.82, 2.24) is 10.3 Å². The van der Waals surface area contributed by atoms with Crippen LogP contribution in [0.1, 0.15) is 20.9 Å². The Labute approximate surface area is 126 Å². The topological polar surface area (TPSA) is 97.5 Å². The van der Waals surface area contributed by atoms with E-state index in [-0.39, 0.29) is 19.1 Å². The molecule has 114 valence electrons. The number of methoxy groups -OCH3 is 1. The number of nitrogen functional groups attached to an aromatic ring is 1. The van der Waals surface area contributed by atoms with Gasteiger partial charge in [0.15, 0.2) is 0 Å². The summed E-state index contributed by atoms with van der Waals surface area (Å²) in [4.78, 5) is 17.9. The number of nitrogens with zero attached hydrogens (tertiary/aromatic N) is 1. The highest BCUT2D eigenvalue weighted by Crippen LogP contribution is 2.34. The van der Waals surface area contributed by atoms with Crippen molar-refractivity contribution >= 4 is 33.1 Å². The summed E-state index contributed by atoms with van der Waals surface area (Å²) in [7, 11) is 1.51. The normalized spacial score (nSPS) is 12.6. The largest absolute Gasteiger partial charge is 0.397 e. The van der Waals surface area contributed by atoms with Crippen molar-refractivity contribution in [3.05, 3.63) is 22.2 Å². The van der Waals surface area contributed by atoms with Crippen LogP contribution in [0.15, 0.2) is 6.07 Å². The van der Waals surface area contributed by atoms with Crippen LogP contribution in [0.2, 0.25) is 0 Å². The molecule has 1 atom stereocenters. The zero-order valence-corrected chi connectivity index (χ0v) is 13.1. The van der Waals surface area contributed by atoms with Gasteiger partial charge >= 0.3 is 0 Å². The van der Waals surface area contributed by atoms with Crippen LogP contribution in [0, 0.1) is 13.8 Å². The maximum absolute atomic E-state index is 12.3. The molecule has 6 nitrogen and oxygen atoms in total. The zero-order chi connectivity index (χ0) is 15.6. The lowest BCUT2D eigenvalue weighted by molar-refractivity contribution is 0.0844. The van der Waals surface area contributed by atoms with Gasteiger partial charge in [-0.1, -0.05) is 0 Å². The van der Waals surface area contributed by atoms with Crippen molar-refractivity contribution < 1.29 is 14.6 Å². The van der Waals surface area contributed by atoms with Crippen LogP contribution in [-0.2, 0) is 4.74 Å². The molecule has 0 aliphatic carbocycles. The average Bonchev–Trinajstić information content (AvgIpc) is 2.75. The second-order valence-electron chi connectivity index (χ2n) is 4.91. The quantitative estimate of drug-likeness (QED) is 0.772. The van der Waals surface area contributed by atoms with Crippen molar-refractivity contribution in [1.29, 1.82) is 0 Å². The van der Waals surface area contributed by atoms with Gasteiger partial charge in [0.1, 0.15) is 9.71 Å². The molecule has 2 heterocycles. The number of ether oxygens (including phenoxy) is 1. The second kappa shape index (κ2) is 6.38. The molecule has 0 saturated carbocycles. The Bertz CT molecular complexity index is 669. The van der Waals surface area contributed by atoms with Gasteiger partial charge in [0.25, 0.3) is 5.91 Å². The van der Waals surface area contributed by atoms with E-state index in [4.69, 9.17) is 10.5 Å². The van der Waals surface area contributed by atoms with E-state index in [1.54, 1.807) is 0 Å². The molecule has 4 N–H and O–H groups in total. The number of rotatable bonds is 5. The maximum Gasteiger partial charge on any atom is 0.263 e. The van der Waals surface area contributed by atoms with Crippen LogP contribution in [0.25, 0.3) is 10.2 Å². The van der Waals surface area contributed by atoms with E-state index in [0.29, 0.717) is 10.6 Å². The standard InChI is InChI=1S/C14H19N3O3S/c1-7-4-8(2)16-14-10(7)11(15)12(21-14)13(19)17-9(5-18)6-20-3/h4,9,18H,5-6,15H2,1-3H3,(H,17,19). The fourth-order valence-corrected chi connectivity index (χ4v) is 3.35. The van der Waals surface area contributed by atoms with Gasteiger partial charge in [-0.2, -0.15) is 0 Å². The third-order valence-corrected chi connectivity index (χ3v) is 4.25. The average molecular weight is 309 g/mol. The third-order valence-electron chi connectivity index (χ3n) is 3.15. The van der Waals surface area contributed by atoms with Gasteiger partial charge in [0.05, 0.1) is 24.9 Å². The molecule has 0 aliphatic heterocycles. The predicted molar refractivity (Wildman–Crippen MR) is 83.7 cm³/mol. The lowest BCUT2D eigenvalue weighted by Gasteiger charge is -2.14. The van der Waals surface area contributed by atoms with Crippen LogP contribution in [0.5, 0.6) is 0 Å². The monoisotopic (exact) mass is 309 g/mol. The van der Waals surface area contributed by atoms with Crippen molar-refractivity contribution in [3.8, 4) is 0 Å². The fourth-order valence-electron chi connectivity index (χ4n) is 2.23. The molecule has 0 aliphatic rings. The Morgan fingerprint density at radius 3 is 2.90 bits per heavy atom. The number of aryl methyl sites for hydroxylation is 2. The molecule has 0 saturated heterocycles. The van der Waals surface area contributed by atoms with E-state index >= 15 is 0 Å². The number of thiophene rings is 1. The van der Waals surface area contributed by atoms with Gasteiger partial charge in [0, 0.05) is 18.2 Å². The number of nitrogens with two attached hydrogens (primary N) is 1. The summed E-state index contributed by atoms with van der Waals surface area (Å²) in [5, 5.41) is 12.7. The van der Waals surface area contributed by atoms with Crippen LogP contribution >= 0.6 is 11.3 Å². The summed E-state index contributed by atoms with van der Waals surface area (Å²) in [6.07, 6.45) is 0. The molecule has 0 spiro atoms. The Kier molecular flexibility index (Phi) is 4.76. The van der Waals surface area contributed by atoms with E-state index in [0.717, 1.165) is 21.5 Å². The molecule has 2 aromatic rings. The maximum atomic E-state index is 12.3. The van der Waals surface area contributed by atoms with Gasteiger partial charge in [0.2, 0.25) is 0 Å². The second-order valence-corrected chi connectivity index (χ2v) is 5.91. The highest BCUT2D eigenvalue weighted by molar-refractivity contribution is 7.21. The van der Waals surface area contributed by atoms with Crippen LogP contribution in [0.3, 0.4) is 0 Å². The van der Waals surface area contributed by atoms with Gasteiger partial charge in [-0.05, 0) is 25.5 Å². The number of carbonyl (C=O) groups excluding carboxylic acids is 1. The Morgan fingerprint density at radius 1 is 1.57 bits per heavy atom. The number of hydrogen-bond acceptors (Lipinski definition) is 6. The highest BCUT2D eigenvalue weighted by atomic mass is 32.1. The SMILES string of the molecule is COCC(CO)NC(=O)c1sc2nc(C)cc(C)c2c1N. The number of carbonyl (C=O) groups is 1. The highest BCUT2D eigenvalue weighted by Gasteiger charge is 2.21. The summed E-state index contributed by atoms with van der Waals surface area (Å²) in [6.45, 7) is 3.90. The summed E-state index contributed by atoms with van der Waals surface area (Å²) < 4.78 is 4.94. The molecular weight excluding hydrogens is 290 g/mol. The molecule has 7 heteroatoms. The summed E-state index contributed by atoms with van der Waals surface area (Å²) in [5.74, 6) is -0.316. The fraction of sp³-hybridized carbons (Fsp3) is 0.429. The van der Waals surface area contributed by atoms with E-state index in [2.05, 4.69) is 10.3 Å². The van der Waals surface area contributed by atoms with Gasteiger partial charge in [-0.15, -0.1) is 11.3 Å². The minimum Gasteiger partial charge on any atom is -0.397 e. The number of aromatic nitrogens is 1. The molecule has 1 amide bonds. The molecule has 1 unspecified atom stereocenters. The number of aliphatic hydroxyl groups is 1. The smallest absolute Gasteiger partial charge is 0.263 e. The van der Waals surface area contributed by atoms with E-state index in [1.165, 1.54) is 18.4 Å². The lowest BCUT2D eigenvalue weighted by atomic mass is 10.1. The number of nitrogens with one attached hydrogen (secondary N) is 1. The Hall–Kier alpha value is -1.70. The lowest BCUT2D eigenvalue weighted by Crippen LogP contribution is -2.40. The van der Waals surface area contributed by atoms with Crippen LogP contribution in [0.4, 0.5) is 5.69 Å². The van der Waals surface area contributed by atoms with Gasteiger partial charge < -0.3 is 20.9 Å². The molecule has 2 aromatic heterocycles. The summed E-state index contributed by atoms with van der Waals surface area (Å²) >= 11 is 1.26. The summed E-state index contributed by atoms with van der Waals surface area (Å²) in [6, 6.07) is 1.48. The van der Waals surface area contributed by atoms with Gasteiger partial charge in [-0.3, -0.25) is 4.79 Å². The predicted octanol–water partition coefficient (Wildman–Crippen LogP) is 1.23. The van der Waals surface area contributed by atoms with E-state index in [9.17, 15) is 9.90 Å². The molecule has 0 aromatic carbocycles. The zero-order valence-electron chi connectivity index (χ0n) is 12.3. The molecule has 21 heavy (non-hydrogen) atoms. The molecule has 0 bridgehead atoms. The molecule has 0 fully saturated rings. The Morgan fingerprint density at radius 2 is 2.29 bits per heavy atom. The molecule has 2 rings (SSSR count). The first-order chi connectivity index (χ1) is 9.97. The number of hydrogen-bond donors (Lipinski definition) is 3. The first kappa shape index (κ1) is 15.7. The number of anilines is 1. The third kappa shape index (κ3) is 3.15. The number of amides is 1. The molecular formula is C14H19N3O3S. The van der Waals surface area contributed by atoms with Crippen LogP contribution < -0.4 is 11.1 Å². The number of fused-ring (bicyclic) bond motifs is 1. The van der Waals surface area contributed by atoms with Crippen LogP contribution in [-0.4, -0.2) is 42.4 Å². The Balaban J connectivity index is 2.36. The number of aliphatic hydroxyl groups excluding tert-OH is 1. The first-order valence-corrected chi connectivity index (χ1v) is 7.36. The van der Waals surface area contributed by atoms with Crippen molar-refractivity contribution in [2.24, 2.45) is 0 Å². The van der Waals surface area contributed by atoms with E-state index in [1.807, 2.05) is 19.9 Å². The van der Waals surface area contributed by atoms with Crippen molar-refractivity contribution in [3.63, 3.8) is 0 Å². The van der Waals surface area contributed by atoms with Crippen molar-refractivity contribution in [2.75, 3.05) is 26.1 Å². The van der Waals surface area contributed by atoms with Crippen molar-refractivity contribution in [2.45, 2.75) is 19.9 Å². The number of pyridine rings is 1. The minimum absolute atomic E-state index is 0.194. The summed E-state index contributed by atoms with van der Waals surface area (Å²) in [5.41, 5.74) is 8.42.